The van der Waals surface area contributed by atoms with Crippen molar-refractivity contribution in [2.24, 2.45) is 17.4 Å². The predicted molar refractivity (Wildman–Crippen MR) is 248 cm³/mol. The zero-order valence-electron chi connectivity index (χ0n) is 38.2. The maximum Gasteiger partial charge on any atom is 0.242 e. The number of hydrogen-bond donors (Lipinski definition) is 11. The second-order valence-electron chi connectivity index (χ2n) is 18.2. The second-order valence-corrected chi connectivity index (χ2v) is 18.2. The van der Waals surface area contributed by atoms with Gasteiger partial charge >= 0.3 is 0 Å². The summed E-state index contributed by atoms with van der Waals surface area (Å²) in [5.41, 5.74) is 14.7. The zero-order valence-corrected chi connectivity index (χ0v) is 38.2. The van der Waals surface area contributed by atoms with Crippen LogP contribution in [-0.4, -0.2) is 151 Å². The quantitative estimate of drug-likeness (QED) is 0.0623. The van der Waals surface area contributed by atoms with Crippen molar-refractivity contribution in [1.82, 2.24) is 21.3 Å². The van der Waals surface area contributed by atoms with Gasteiger partial charge in [0, 0.05) is 53.4 Å². The van der Waals surface area contributed by atoms with Crippen molar-refractivity contribution in [2.45, 2.75) is 93.5 Å². The summed E-state index contributed by atoms with van der Waals surface area (Å²) >= 11 is 0. The average Bonchev–Trinajstić information content (AvgIpc) is 3.77. The number of nitrogens with two attached hydrogens (primary N) is 2. The molecule has 0 radical (unpaired) electrons. The number of aliphatic hydroxyl groups excluding tert-OH is 5. The number of aliphatic hydroxyl groups is 5. The minimum absolute atomic E-state index is 0.00464. The minimum Gasteiger partial charge on any atom is -0.486 e. The molecule has 0 unspecified atom stereocenters. The number of anilines is 1. The largest absolute Gasteiger partial charge is 0.486 e. The van der Waals surface area contributed by atoms with Crippen molar-refractivity contribution in [2.75, 3.05) is 51.1 Å². The van der Waals surface area contributed by atoms with Crippen molar-refractivity contribution >= 4 is 29.4 Å². The number of fused-ring (bicyclic) bond motifs is 6. The highest BCUT2D eigenvalue weighted by Gasteiger charge is 2.50. The second kappa shape index (κ2) is 21.3. The Bertz CT molecular complexity index is 2540. The van der Waals surface area contributed by atoms with Gasteiger partial charge in [0.05, 0.1) is 50.6 Å². The first-order valence-electron chi connectivity index (χ1n) is 23.5. The SMILES string of the molecule is NC1=CC(CCO[C@@H]2[C@H]3Oc4c(cc5c(c4OC[C@H](O)CC=O)C(=O)c4cc(CO)ccc4C5=O)[C@H](c4ccccc4N4CN[C@@H]5C(=O)N[C@@H](N)N[C@H]54)[C@@H](CCCO)COC[C@H](O3)[C@H](O)[C@H]2O)=CCN1. The Morgan fingerprint density at radius 2 is 1.81 bits per heavy atom. The summed E-state index contributed by atoms with van der Waals surface area (Å²) < 4.78 is 32.7. The van der Waals surface area contributed by atoms with E-state index in [0.29, 0.717) is 48.3 Å². The molecule has 3 aromatic rings. The number of amides is 1. The number of ketones is 2. The number of carbonyl (C=O) groups excluding carboxylic acids is 4. The monoisotopic (exact) mass is 969 g/mol. The number of dihydropyridines is 1. The molecule has 9 rings (SSSR count). The van der Waals surface area contributed by atoms with Gasteiger partial charge in [-0.15, -0.1) is 0 Å². The predicted octanol–water partition coefficient (Wildman–Crippen LogP) is -1.21. The van der Waals surface area contributed by atoms with Gasteiger partial charge in [-0.2, -0.15) is 0 Å². The van der Waals surface area contributed by atoms with Crippen molar-refractivity contribution in [3.63, 3.8) is 0 Å². The molecule has 70 heavy (non-hydrogen) atoms. The van der Waals surface area contributed by atoms with Crippen LogP contribution in [0.4, 0.5) is 5.69 Å². The number of allylic oxidation sites excluding steroid dienone is 1. The molecule has 3 saturated heterocycles. The molecule has 1 aliphatic carbocycles. The summed E-state index contributed by atoms with van der Waals surface area (Å²) in [5, 5.41) is 67.2. The lowest BCUT2D eigenvalue weighted by Gasteiger charge is -2.42. The van der Waals surface area contributed by atoms with E-state index in [0.717, 1.165) is 5.57 Å². The molecule has 5 aliphatic heterocycles. The van der Waals surface area contributed by atoms with E-state index in [1.807, 2.05) is 35.2 Å². The van der Waals surface area contributed by atoms with E-state index in [1.165, 1.54) is 12.1 Å². The van der Waals surface area contributed by atoms with Gasteiger partial charge < -0.3 is 75.3 Å². The Morgan fingerprint density at radius 1 is 0.986 bits per heavy atom. The molecule has 1 amide bonds. The Hall–Kier alpha value is -5.82. The smallest absolute Gasteiger partial charge is 0.242 e. The molecule has 3 fully saturated rings. The normalized spacial score (nSPS) is 28.8. The molecule has 13 N–H and O–H groups in total. The highest BCUT2D eigenvalue weighted by molar-refractivity contribution is 6.29. The van der Waals surface area contributed by atoms with E-state index >= 15 is 4.79 Å². The van der Waals surface area contributed by atoms with Crippen LogP contribution in [0.3, 0.4) is 0 Å². The molecule has 6 aliphatic rings. The molecule has 2 bridgehead atoms. The number of rotatable bonds is 15. The average molecular weight is 970 g/mol. The summed E-state index contributed by atoms with van der Waals surface area (Å²) in [6.07, 6.45) is -5.38. The van der Waals surface area contributed by atoms with Crippen LogP contribution in [0.15, 0.2) is 72.1 Å². The topological polar surface area (TPSA) is 319 Å². The first-order chi connectivity index (χ1) is 33.9. The lowest BCUT2D eigenvalue weighted by atomic mass is 9.74. The maximum atomic E-state index is 15.0. The molecule has 374 valence electrons. The van der Waals surface area contributed by atoms with Crippen LogP contribution in [0.1, 0.15) is 80.1 Å². The number of hydrogen-bond acceptors (Lipinski definition) is 20. The van der Waals surface area contributed by atoms with Crippen LogP contribution in [-0.2, 0) is 30.4 Å². The molecule has 21 nitrogen and oxygen atoms in total. The first-order valence-corrected chi connectivity index (χ1v) is 23.5. The van der Waals surface area contributed by atoms with Crippen molar-refractivity contribution < 1.29 is 68.4 Å². The summed E-state index contributed by atoms with van der Waals surface area (Å²) in [6.45, 7) is -0.756. The molecule has 5 heterocycles. The van der Waals surface area contributed by atoms with Gasteiger partial charge in [-0.05, 0) is 72.2 Å². The van der Waals surface area contributed by atoms with Gasteiger partial charge in [0.25, 0.3) is 0 Å². The minimum atomic E-state index is -1.62. The van der Waals surface area contributed by atoms with Crippen LogP contribution < -0.4 is 47.1 Å². The highest BCUT2D eigenvalue weighted by atomic mass is 16.7. The fourth-order valence-electron chi connectivity index (χ4n) is 10.2. The van der Waals surface area contributed by atoms with Crippen molar-refractivity contribution in [3.05, 3.63) is 111 Å². The van der Waals surface area contributed by atoms with E-state index < -0.39 is 91.9 Å². The fraction of sp³-hybridized carbons (Fsp3) is 0.469. The van der Waals surface area contributed by atoms with E-state index in [9.17, 15) is 39.9 Å². The van der Waals surface area contributed by atoms with Gasteiger partial charge in [-0.25, -0.2) is 0 Å². The van der Waals surface area contributed by atoms with Crippen LogP contribution in [0.25, 0.3) is 0 Å². The Labute approximate surface area is 402 Å². The van der Waals surface area contributed by atoms with E-state index in [2.05, 4.69) is 21.3 Å². The molecular weight excluding hydrogens is 911 g/mol. The van der Waals surface area contributed by atoms with E-state index in [1.54, 1.807) is 18.2 Å². The third-order valence-corrected chi connectivity index (χ3v) is 13.7. The van der Waals surface area contributed by atoms with Crippen LogP contribution in [0.2, 0.25) is 0 Å². The third-order valence-electron chi connectivity index (χ3n) is 13.7. The first kappa shape index (κ1) is 49.2. The lowest BCUT2D eigenvalue weighted by molar-refractivity contribution is -0.289. The van der Waals surface area contributed by atoms with Gasteiger partial charge in [0.1, 0.15) is 55.8 Å². The zero-order chi connectivity index (χ0) is 49.2. The molecule has 0 saturated carbocycles. The van der Waals surface area contributed by atoms with Crippen molar-refractivity contribution in [1.29, 1.82) is 0 Å². The third kappa shape index (κ3) is 9.66. The van der Waals surface area contributed by atoms with Crippen LogP contribution >= 0.6 is 0 Å². The number of benzene rings is 3. The summed E-state index contributed by atoms with van der Waals surface area (Å²) in [7, 11) is 0. The molecule has 3 aromatic carbocycles. The van der Waals surface area contributed by atoms with E-state index in [-0.39, 0.29) is 91.2 Å². The van der Waals surface area contributed by atoms with Gasteiger partial charge in [0.15, 0.2) is 23.1 Å². The Balaban J connectivity index is 1.27. The number of nitrogens with zero attached hydrogens (tertiary/aromatic N) is 1. The lowest BCUT2D eigenvalue weighted by Crippen LogP contribution is -2.70. The molecule has 21 heteroatoms. The molecule has 0 spiro atoms. The number of para-hydroxylation sites is 1. The van der Waals surface area contributed by atoms with Gasteiger partial charge in [-0.1, -0.05) is 30.3 Å². The summed E-state index contributed by atoms with van der Waals surface area (Å²) in [4.78, 5) is 56.8. The van der Waals surface area contributed by atoms with E-state index in [4.69, 9.17) is 35.2 Å². The van der Waals surface area contributed by atoms with Crippen LogP contribution in [0.5, 0.6) is 11.5 Å². The summed E-state index contributed by atoms with van der Waals surface area (Å²) in [6, 6.07) is 12.7. The maximum absolute atomic E-state index is 15.0. The number of nitrogens with one attached hydrogen (secondary N) is 4. The van der Waals surface area contributed by atoms with Gasteiger partial charge in [-0.3, -0.25) is 30.8 Å². The molecule has 11 atom stereocenters. The standard InChI is InChI=1S/C49H59N7O14/c50-35-17-24(9-12-52-35)11-15-67-45-42(64)41(63)34-22-66-20-26(4-3-13-57)36(29-5-1-2-6-33(29)56-23-53-38-46(56)54-49(51)55-47(38)65)32-18-31-37(40(62)30-16-25(19-59)7-8-28(30)39(31)61)44(43(32)70-48(45)69-34)68-21-27(60)10-14-58/h1-2,5-9,14,16-18,26-27,34,36,38,41-42,45-46,48-49,52-54,57,59-60,63-64H,3-4,10-13,15,19-23,50-51H2,(H,55,65)/t26-,27+,34-,36-,38-,41-,42+,45-,46-,48+,49-/m0/s1. The highest BCUT2D eigenvalue weighted by Crippen LogP contribution is 2.52. The summed E-state index contributed by atoms with van der Waals surface area (Å²) in [5.74, 6) is -2.96. The molecular formula is C49H59N7O14. The van der Waals surface area contributed by atoms with Crippen LogP contribution in [0, 0.1) is 5.92 Å². The molecule has 0 aromatic heterocycles. The Kier molecular flexibility index (Phi) is 14.9. The van der Waals surface area contributed by atoms with Gasteiger partial charge in [0.2, 0.25) is 12.2 Å². The number of aldehydes is 1. The Morgan fingerprint density at radius 3 is 2.60 bits per heavy atom. The number of carbonyl (C=O) groups is 4. The fourth-order valence-corrected chi connectivity index (χ4v) is 10.2. The van der Waals surface area contributed by atoms with Crippen molar-refractivity contribution in [3.8, 4) is 11.5 Å². The number of ether oxygens (including phenoxy) is 5.